The maximum Gasteiger partial charge on any atom is 0.242 e. The van der Waals surface area contributed by atoms with Gasteiger partial charge in [0.25, 0.3) is 0 Å². The number of fused-ring (bicyclic) bond motifs is 1. The molecule has 36 heavy (non-hydrogen) atoms. The van der Waals surface area contributed by atoms with Gasteiger partial charge in [0.15, 0.2) is 0 Å². The number of rotatable bonds is 12. The molecule has 1 saturated carbocycles. The highest BCUT2D eigenvalue weighted by Gasteiger charge is 2.23. The predicted octanol–water partition coefficient (Wildman–Crippen LogP) is 6.26. The molecule has 192 valence electrons. The van der Waals surface area contributed by atoms with Crippen molar-refractivity contribution in [3.8, 4) is 0 Å². The lowest BCUT2D eigenvalue weighted by molar-refractivity contribution is -0.141. The van der Waals surface area contributed by atoms with Crippen LogP contribution in [0, 0.1) is 12.8 Å². The molecular formula is C31H41N3O2. The van der Waals surface area contributed by atoms with Crippen LogP contribution in [0.1, 0.15) is 68.6 Å². The van der Waals surface area contributed by atoms with Crippen LogP contribution in [0.4, 0.5) is 0 Å². The Hall–Kier alpha value is -3.08. The van der Waals surface area contributed by atoms with Gasteiger partial charge in [0.2, 0.25) is 11.8 Å². The van der Waals surface area contributed by atoms with Crippen molar-refractivity contribution in [2.75, 3.05) is 19.6 Å². The fraction of sp³-hybridized carbons (Fsp3) is 0.484. The summed E-state index contributed by atoms with van der Waals surface area (Å²) in [7, 11) is 0. The summed E-state index contributed by atoms with van der Waals surface area (Å²) in [6.45, 7) is 6.11. The van der Waals surface area contributed by atoms with E-state index < -0.39 is 0 Å². The fourth-order valence-corrected chi connectivity index (χ4v) is 5.41. The first-order chi connectivity index (χ1) is 17.5. The highest BCUT2D eigenvalue weighted by atomic mass is 16.2. The number of aromatic nitrogens is 1. The smallest absolute Gasteiger partial charge is 0.242 e. The molecule has 0 bridgehead atoms. The van der Waals surface area contributed by atoms with Gasteiger partial charge in [0.1, 0.15) is 0 Å². The van der Waals surface area contributed by atoms with Gasteiger partial charge < -0.3 is 14.8 Å². The minimum Gasteiger partial charge on any atom is -0.361 e. The number of carbonyl (C=O) groups is 2. The molecule has 1 heterocycles. The van der Waals surface area contributed by atoms with Gasteiger partial charge in [0.05, 0.1) is 6.54 Å². The number of H-pyrrole nitrogens is 1. The lowest BCUT2D eigenvalue weighted by Gasteiger charge is -2.28. The molecule has 5 nitrogen and oxygen atoms in total. The Morgan fingerprint density at radius 3 is 2.44 bits per heavy atom. The lowest BCUT2D eigenvalue weighted by Crippen LogP contribution is -2.43. The molecule has 2 amide bonds. The van der Waals surface area contributed by atoms with Gasteiger partial charge >= 0.3 is 0 Å². The van der Waals surface area contributed by atoms with Crippen LogP contribution in [0.25, 0.3) is 10.9 Å². The van der Waals surface area contributed by atoms with Gasteiger partial charge in [0, 0.05) is 43.2 Å². The summed E-state index contributed by atoms with van der Waals surface area (Å²) in [6, 6.07) is 16.7. The van der Waals surface area contributed by atoms with Crippen LogP contribution in [0.5, 0.6) is 0 Å². The molecule has 1 N–H and O–H groups in total. The first-order valence-corrected chi connectivity index (χ1v) is 13.7. The summed E-state index contributed by atoms with van der Waals surface area (Å²) >= 11 is 0. The average molecular weight is 488 g/mol. The van der Waals surface area contributed by atoms with Gasteiger partial charge in [-0.1, -0.05) is 80.6 Å². The van der Waals surface area contributed by atoms with Crippen molar-refractivity contribution < 1.29 is 9.59 Å². The van der Waals surface area contributed by atoms with Crippen molar-refractivity contribution in [2.45, 2.75) is 71.8 Å². The second kappa shape index (κ2) is 12.8. The Kier molecular flexibility index (Phi) is 9.21. The Morgan fingerprint density at radius 2 is 1.69 bits per heavy atom. The largest absolute Gasteiger partial charge is 0.361 e. The SMILES string of the molecule is CCCN(CC(=O)N(CCc1c[nH]c2ccccc12)Cc1ccc(C)cc1)C(=O)CCC1CCCC1. The van der Waals surface area contributed by atoms with Gasteiger partial charge in [-0.25, -0.2) is 0 Å². The third-order valence-electron chi connectivity index (χ3n) is 7.59. The molecule has 3 aromatic rings. The van der Waals surface area contributed by atoms with Gasteiger partial charge in [-0.05, 0) is 49.3 Å². The van der Waals surface area contributed by atoms with Crippen molar-refractivity contribution in [3.63, 3.8) is 0 Å². The minimum absolute atomic E-state index is 0.0260. The second-order valence-electron chi connectivity index (χ2n) is 10.4. The molecule has 1 aliphatic carbocycles. The number of carbonyl (C=O) groups excluding carboxylic acids is 2. The highest BCUT2D eigenvalue weighted by Crippen LogP contribution is 2.28. The topological polar surface area (TPSA) is 56.4 Å². The Labute approximate surface area is 215 Å². The maximum atomic E-state index is 13.6. The Bertz CT molecular complexity index is 1130. The number of benzene rings is 2. The number of aromatic amines is 1. The number of nitrogens with zero attached hydrogens (tertiary/aromatic N) is 2. The fourth-order valence-electron chi connectivity index (χ4n) is 5.41. The number of para-hydroxylation sites is 1. The van der Waals surface area contributed by atoms with Crippen LogP contribution < -0.4 is 0 Å². The molecule has 1 aliphatic rings. The molecule has 0 radical (unpaired) electrons. The Morgan fingerprint density at radius 1 is 0.944 bits per heavy atom. The summed E-state index contributed by atoms with van der Waals surface area (Å²) in [6.07, 6.45) is 10.3. The molecule has 5 heteroatoms. The quantitative estimate of drug-likeness (QED) is 0.328. The lowest BCUT2D eigenvalue weighted by atomic mass is 10.0. The third kappa shape index (κ3) is 6.99. The Balaban J connectivity index is 1.44. The number of hydrogen-bond donors (Lipinski definition) is 1. The monoisotopic (exact) mass is 487 g/mol. The van der Waals surface area contributed by atoms with Crippen molar-refractivity contribution in [1.82, 2.24) is 14.8 Å². The first kappa shape index (κ1) is 26.0. The van der Waals surface area contributed by atoms with E-state index in [1.54, 1.807) is 4.90 Å². The van der Waals surface area contributed by atoms with Crippen LogP contribution in [0.15, 0.2) is 54.7 Å². The molecule has 0 unspecified atom stereocenters. The summed E-state index contributed by atoms with van der Waals surface area (Å²) < 4.78 is 0. The van der Waals surface area contributed by atoms with Crippen LogP contribution in [-0.2, 0) is 22.6 Å². The molecule has 1 fully saturated rings. The van der Waals surface area contributed by atoms with E-state index in [9.17, 15) is 9.59 Å². The molecule has 0 aliphatic heterocycles. The van der Waals surface area contributed by atoms with Crippen LogP contribution in [0.2, 0.25) is 0 Å². The zero-order valence-corrected chi connectivity index (χ0v) is 22.0. The molecule has 2 aromatic carbocycles. The minimum atomic E-state index is 0.0260. The molecule has 0 spiro atoms. The summed E-state index contributed by atoms with van der Waals surface area (Å²) in [4.78, 5) is 33.8. The molecule has 0 saturated heterocycles. The summed E-state index contributed by atoms with van der Waals surface area (Å²) in [5.41, 5.74) is 4.65. The van der Waals surface area contributed by atoms with Crippen LogP contribution in [0.3, 0.4) is 0 Å². The van der Waals surface area contributed by atoms with E-state index in [1.807, 2.05) is 11.0 Å². The molecule has 1 aromatic heterocycles. The zero-order valence-electron chi connectivity index (χ0n) is 22.0. The third-order valence-corrected chi connectivity index (χ3v) is 7.59. The van der Waals surface area contributed by atoms with Crippen molar-refractivity contribution >= 4 is 22.7 Å². The second-order valence-corrected chi connectivity index (χ2v) is 10.4. The normalized spacial score (nSPS) is 13.8. The van der Waals surface area contributed by atoms with E-state index in [0.717, 1.165) is 30.3 Å². The van der Waals surface area contributed by atoms with E-state index in [-0.39, 0.29) is 18.4 Å². The van der Waals surface area contributed by atoms with Crippen LogP contribution in [-0.4, -0.2) is 46.2 Å². The number of amides is 2. The highest BCUT2D eigenvalue weighted by molar-refractivity contribution is 5.85. The zero-order chi connectivity index (χ0) is 25.3. The van der Waals surface area contributed by atoms with Crippen LogP contribution >= 0.6 is 0 Å². The molecule has 0 atom stereocenters. The maximum absolute atomic E-state index is 13.6. The standard InChI is InChI=1S/C31H41N3O2/c1-3-19-33(30(35)17-16-25-8-4-5-9-25)23-31(36)34(22-26-14-12-24(2)13-15-26)20-18-27-21-32-29-11-7-6-10-28(27)29/h6-7,10-15,21,25,32H,3-5,8-9,16-20,22-23H2,1-2H3. The van der Waals surface area contributed by atoms with E-state index >= 15 is 0 Å². The van der Waals surface area contributed by atoms with Crippen molar-refractivity contribution in [1.29, 1.82) is 0 Å². The molecule has 4 rings (SSSR count). The van der Waals surface area contributed by atoms with Gasteiger partial charge in [-0.3, -0.25) is 9.59 Å². The van der Waals surface area contributed by atoms with Crippen molar-refractivity contribution in [2.24, 2.45) is 5.92 Å². The van der Waals surface area contributed by atoms with Gasteiger partial charge in [-0.2, -0.15) is 0 Å². The van der Waals surface area contributed by atoms with Gasteiger partial charge in [-0.15, -0.1) is 0 Å². The van der Waals surface area contributed by atoms with E-state index in [1.165, 1.54) is 42.2 Å². The summed E-state index contributed by atoms with van der Waals surface area (Å²) in [5.74, 6) is 0.837. The average Bonchev–Trinajstić information content (AvgIpc) is 3.56. The van der Waals surface area contributed by atoms with Crippen molar-refractivity contribution in [3.05, 3.63) is 71.4 Å². The first-order valence-electron chi connectivity index (χ1n) is 13.7. The van der Waals surface area contributed by atoms with E-state index in [0.29, 0.717) is 32.0 Å². The summed E-state index contributed by atoms with van der Waals surface area (Å²) in [5, 5.41) is 1.20. The molecular weight excluding hydrogens is 446 g/mol. The number of aryl methyl sites for hydroxylation is 1. The van der Waals surface area contributed by atoms with E-state index in [4.69, 9.17) is 0 Å². The number of hydrogen-bond acceptors (Lipinski definition) is 2. The van der Waals surface area contributed by atoms with E-state index in [2.05, 4.69) is 67.5 Å². The number of nitrogens with one attached hydrogen (secondary N) is 1. The predicted molar refractivity (Wildman–Crippen MR) is 147 cm³/mol.